The normalized spacial score (nSPS) is 48.6. The van der Waals surface area contributed by atoms with E-state index in [0.29, 0.717) is 5.92 Å². The second-order valence-corrected chi connectivity index (χ2v) is 8.62. The highest BCUT2D eigenvalue weighted by molar-refractivity contribution is 5.85. The van der Waals surface area contributed by atoms with E-state index in [1.807, 2.05) is 0 Å². The average molecular weight is 270 g/mol. The number of hydrogen-bond acceptors (Lipinski definition) is 1. The van der Waals surface area contributed by atoms with E-state index in [2.05, 4.69) is 13.8 Å². The fourth-order valence-corrected chi connectivity index (χ4v) is 6.38. The molecule has 1 nitrogen and oxygen atoms in total. The smallest absolute Gasteiger partial charge is 0.293 e. The van der Waals surface area contributed by atoms with Crippen LogP contribution in [0.3, 0.4) is 0 Å². The molecule has 19 heavy (non-hydrogen) atoms. The van der Waals surface area contributed by atoms with Gasteiger partial charge in [-0.15, -0.1) is 0 Å². The molecule has 0 aromatic rings. The molecule has 0 aliphatic heterocycles. The zero-order valence-corrected chi connectivity index (χ0v) is 12.2. The lowest BCUT2D eigenvalue weighted by Crippen LogP contribution is -2.56. The molecule has 3 heteroatoms. The van der Waals surface area contributed by atoms with Gasteiger partial charge in [-0.1, -0.05) is 13.8 Å². The van der Waals surface area contributed by atoms with Gasteiger partial charge in [-0.05, 0) is 60.7 Å². The van der Waals surface area contributed by atoms with Crippen LogP contribution in [0.25, 0.3) is 0 Å². The first-order valence-electron chi connectivity index (χ1n) is 7.45. The molecular formula is C16H24F2O. The number of rotatable bonds is 3. The van der Waals surface area contributed by atoms with Crippen molar-refractivity contribution in [3.8, 4) is 0 Å². The minimum atomic E-state index is -3.16. The largest absolute Gasteiger partial charge is 0.302 e. The number of carbonyl (C=O) groups excluding carboxylic acids is 1. The van der Waals surface area contributed by atoms with Gasteiger partial charge >= 0.3 is 5.92 Å². The lowest BCUT2D eigenvalue weighted by Gasteiger charge is -2.65. The maximum Gasteiger partial charge on any atom is 0.302 e. The van der Waals surface area contributed by atoms with Gasteiger partial charge in [0.25, 0.3) is 0 Å². The molecule has 4 saturated carbocycles. The van der Waals surface area contributed by atoms with Crippen molar-refractivity contribution >= 4 is 5.78 Å². The van der Waals surface area contributed by atoms with Crippen molar-refractivity contribution < 1.29 is 13.6 Å². The molecule has 2 unspecified atom stereocenters. The van der Waals surface area contributed by atoms with Gasteiger partial charge in [0.2, 0.25) is 5.78 Å². The SMILES string of the molecule is CC12CC3CC(C)(C1)CC(CC(=O)C(C)(F)F)(C3)C2. The first kappa shape index (κ1) is 13.5. The van der Waals surface area contributed by atoms with Crippen LogP contribution in [0.1, 0.15) is 65.7 Å². The summed E-state index contributed by atoms with van der Waals surface area (Å²) in [5, 5.41) is 0. The quantitative estimate of drug-likeness (QED) is 0.732. The third kappa shape index (κ3) is 2.23. The topological polar surface area (TPSA) is 17.1 Å². The van der Waals surface area contributed by atoms with Crippen LogP contribution in [-0.2, 0) is 4.79 Å². The summed E-state index contributed by atoms with van der Waals surface area (Å²) in [7, 11) is 0. The van der Waals surface area contributed by atoms with Gasteiger partial charge in [0.1, 0.15) is 0 Å². The van der Waals surface area contributed by atoms with Gasteiger partial charge in [0.15, 0.2) is 0 Å². The molecule has 4 rings (SSSR count). The molecule has 4 fully saturated rings. The Kier molecular flexibility index (Phi) is 2.55. The summed E-state index contributed by atoms with van der Waals surface area (Å²) in [5.41, 5.74) is 0.453. The van der Waals surface area contributed by atoms with Gasteiger partial charge in [-0.3, -0.25) is 4.79 Å². The van der Waals surface area contributed by atoms with E-state index in [9.17, 15) is 13.6 Å². The highest BCUT2D eigenvalue weighted by atomic mass is 19.3. The molecule has 4 aliphatic carbocycles. The molecule has 0 radical (unpaired) electrons. The van der Waals surface area contributed by atoms with E-state index >= 15 is 0 Å². The van der Waals surface area contributed by atoms with E-state index < -0.39 is 11.7 Å². The highest BCUT2D eigenvalue weighted by Gasteiger charge is 2.60. The summed E-state index contributed by atoms with van der Waals surface area (Å²) < 4.78 is 26.5. The van der Waals surface area contributed by atoms with Crippen LogP contribution >= 0.6 is 0 Å². The van der Waals surface area contributed by atoms with Crippen LogP contribution in [-0.4, -0.2) is 11.7 Å². The molecule has 108 valence electrons. The number of carbonyl (C=O) groups is 1. The molecule has 0 saturated heterocycles. The van der Waals surface area contributed by atoms with Crippen LogP contribution < -0.4 is 0 Å². The van der Waals surface area contributed by atoms with Gasteiger partial charge in [-0.25, -0.2) is 0 Å². The minimum Gasteiger partial charge on any atom is -0.293 e. The molecule has 0 aromatic heterocycles. The molecule has 0 spiro atoms. The summed E-state index contributed by atoms with van der Waals surface area (Å²) in [6, 6.07) is 0. The Morgan fingerprint density at radius 2 is 1.63 bits per heavy atom. The van der Waals surface area contributed by atoms with Crippen LogP contribution in [0, 0.1) is 22.2 Å². The van der Waals surface area contributed by atoms with Crippen LogP contribution in [0.15, 0.2) is 0 Å². The van der Waals surface area contributed by atoms with Gasteiger partial charge in [-0.2, -0.15) is 8.78 Å². The maximum atomic E-state index is 13.2. The molecule has 0 amide bonds. The zero-order valence-electron chi connectivity index (χ0n) is 12.2. The predicted octanol–water partition coefficient (Wildman–Crippen LogP) is 4.60. The summed E-state index contributed by atoms with van der Waals surface area (Å²) in [6.45, 7) is 5.36. The maximum absolute atomic E-state index is 13.2. The number of alkyl halides is 2. The molecule has 4 aliphatic rings. The van der Waals surface area contributed by atoms with Crippen molar-refractivity contribution in [2.75, 3.05) is 0 Å². The van der Waals surface area contributed by atoms with E-state index in [4.69, 9.17) is 0 Å². The molecule has 4 bridgehead atoms. The van der Waals surface area contributed by atoms with Crippen LogP contribution in [0.5, 0.6) is 0 Å². The summed E-state index contributed by atoms with van der Waals surface area (Å²) in [6.07, 6.45) is 6.75. The van der Waals surface area contributed by atoms with Crippen LogP contribution in [0.4, 0.5) is 8.78 Å². The Morgan fingerprint density at radius 3 is 2.05 bits per heavy atom. The number of ketones is 1. The third-order valence-electron chi connectivity index (χ3n) is 5.77. The fraction of sp³-hybridized carbons (Fsp3) is 0.938. The summed E-state index contributed by atoms with van der Waals surface area (Å²) >= 11 is 0. The molecule has 0 aromatic carbocycles. The second-order valence-electron chi connectivity index (χ2n) is 8.62. The van der Waals surface area contributed by atoms with Crippen molar-refractivity contribution in [1.29, 1.82) is 0 Å². The Hall–Kier alpha value is -0.470. The summed E-state index contributed by atoms with van der Waals surface area (Å²) in [5.74, 6) is -3.35. The third-order valence-corrected chi connectivity index (χ3v) is 5.77. The van der Waals surface area contributed by atoms with Gasteiger partial charge < -0.3 is 0 Å². The van der Waals surface area contributed by atoms with Crippen molar-refractivity contribution in [2.24, 2.45) is 22.2 Å². The number of Topliss-reactive ketones (excluding diaryl/α,β-unsaturated/α-hetero) is 1. The minimum absolute atomic E-state index is 0.0954. The van der Waals surface area contributed by atoms with Crippen molar-refractivity contribution in [1.82, 2.24) is 0 Å². The van der Waals surface area contributed by atoms with Gasteiger partial charge in [0.05, 0.1) is 0 Å². The molecular weight excluding hydrogens is 246 g/mol. The fourth-order valence-electron chi connectivity index (χ4n) is 6.38. The predicted molar refractivity (Wildman–Crippen MR) is 70.1 cm³/mol. The Morgan fingerprint density at radius 1 is 1.11 bits per heavy atom. The Bertz CT molecular complexity index is 405. The second kappa shape index (κ2) is 3.59. The van der Waals surface area contributed by atoms with Crippen LogP contribution in [0.2, 0.25) is 0 Å². The highest BCUT2D eigenvalue weighted by Crippen LogP contribution is 2.70. The van der Waals surface area contributed by atoms with E-state index in [-0.39, 0.29) is 22.7 Å². The van der Waals surface area contributed by atoms with Crippen molar-refractivity contribution in [3.05, 3.63) is 0 Å². The first-order chi connectivity index (χ1) is 8.53. The van der Waals surface area contributed by atoms with Gasteiger partial charge in [0, 0.05) is 13.3 Å². The molecule has 2 atom stereocenters. The number of hydrogen-bond donors (Lipinski definition) is 0. The van der Waals surface area contributed by atoms with E-state index in [1.54, 1.807) is 0 Å². The lowest BCUT2D eigenvalue weighted by atomic mass is 9.39. The average Bonchev–Trinajstić information content (AvgIpc) is 2.07. The lowest BCUT2D eigenvalue weighted by molar-refractivity contribution is -0.165. The number of halogens is 2. The van der Waals surface area contributed by atoms with E-state index in [0.717, 1.165) is 26.2 Å². The zero-order chi connectivity index (χ0) is 14.1. The molecule has 0 heterocycles. The van der Waals surface area contributed by atoms with Crippen molar-refractivity contribution in [2.45, 2.75) is 71.6 Å². The van der Waals surface area contributed by atoms with Crippen molar-refractivity contribution in [3.63, 3.8) is 0 Å². The molecule has 0 N–H and O–H groups in total. The first-order valence-corrected chi connectivity index (χ1v) is 7.45. The monoisotopic (exact) mass is 270 g/mol. The Balaban J connectivity index is 1.87. The standard InChI is InChI=1S/C16H24F2O/c1-13-4-11-5-14(2,8-13)10-16(6-11,9-13)7-12(19)15(3,17)18/h11H,4-10H2,1-3H3. The Labute approximate surface area is 114 Å². The summed E-state index contributed by atoms with van der Waals surface area (Å²) in [4.78, 5) is 11.8. The van der Waals surface area contributed by atoms with E-state index in [1.165, 1.54) is 19.3 Å².